The van der Waals surface area contributed by atoms with E-state index in [0.29, 0.717) is 5.75 Å². The van der Waals surface area contributed by atoms with Crippen LogP contribution in [0.25, 0.3) is 22.3 Å². The fraction of sp³-hybridized carbons (Fsp3) is 0.100. The van der Waals surface area contributed by atoms with Crippen LogP contribution in [0.4, 0.5) is 0 Å². The van der Waals surface area contributed by atoms with E-state index >= 15 is 0 Å². The molecule has 8 bridgehead atoms. The Balaban J connectivity index is 1.36. The standard InChI is InChI=1S/C50H40N2O3S2/c1-50(2,3)35-18-14-33(15-19-35)48-39-24-25-40(52-39)49(34-16-20-36(21-17-34)55-30-45(53)54)44-29-27-42(57-44)47(32-12-8-5-9-13-32)38-23-22-37(51-38)46(31-10-6-4-7-11-31)41-26-28-43(48)56-41/h4-29,51-52H,30H2,1-3H3,(H,53,54). The van der Waals surface area contributed by atoms with Gasteiger partial charge in [0.05, 0.1) is 0 Å². The van der Waals surface area contributed by atoms with Gasteiger partial charge in [-0.2, -0.15) is 0 Å². The molecule has 280 valence electrons. The SMILES string of the molecule is CC(C)(C)c1ccc(C2=c3ccc(s3)=C(c3ccccc3)c3ccc([nH]3)C(c3ccccc3)=c3ccc(s3)=C(c3ccc(OCC(=O)O)cc3)c3ccc2[nH]3)cc1. The molecule has 4 aromatic carbocycles. The number of carboxylic acids is 1. The molecule has 57 heavy (non-hydrogen) atoms. The van der Waals surface area contributed by atoms with Crippen LogP contribution in [0.5, 0.6) is 5.75 Å². The molecule has 0 atom stereocenters. The third-order valence-corrected chi connectivity index (χ3v) is 12.6. The molecule has 0 unspecified atom stereocenters. The Morgan fingerprint density at radius 3 is 1.19 bits per heavy atom. The van der Waals surface area contributed by atoms with Crippen LogP contribution in [-0.4, -0.2) is 27.7 Å². The van der Waals surface area contributed by atoms with Gasteiger partial charge in [0.1, 0.15) is 5.75 Å². The second-order valence-electron chi connectivity index (χ2n) is 15.2. The molecule has 1 aliphatic rings. The molecule has 0 saturated heterocycles. The molecule has 3 N–H and O–H groups in total. The minimum atomic E-state index is -1.01. The van der Waals surface area contributed by atoms with E-state index in [-0.39, 0.29) is 5.41 Å². The molecule has 0 aliphatic carbocycles. The van der Waals surface area contributed by atoms with Crippen LogP contribution in [-0.2, 0) is 10.2 Å². The first-order valence-electron chi connectivity index (χ1n) is 18.9. The quantitative estimate of drug-likeness (QED) is 0.152. The molecule has 0 spiro atoms. The van der Waals surface area contributed by atoms with E-state index in [4.69, 9.17) is 4.74 Å². The van der Waals surface area contributed by atoms with Gasteiger partial charge in [0.2, 0.25) is 0 Å². The van der Waals surface area contributed by atoms with Gasteiger partial charge in [-0.25, -0.2) is 4.79 Å². The number of hydrogen-bond donors (Lipinski definition) is 3. The van der Waals surface area contributed by atoms with E-state index in [1.54, 1.807) is 22.7 Å². The fourth-order valence-corrected chi connectivity index (χ4v) is 9.86. The molecule has 0 saturated carbocycles. The fourth-order valence-electron chi connectivity index (χ4n) is 7.52. The molecule has 4 aromatic heterocycles. The van der Waals surface area contributed by atoms with Crippen LogP contribution >= 0.6 is 22.7 Å². The highest BCUT2D eigenvalue weighted by molar-refractivity contribution is 7.08. The Hall–Kier alpha value is -6.41. The van der Waals surface area contributed by atoms with Crippen molar-refractivity contribution in [3.63, 3.8) is 0 Å². The van der Waals surface area contributed by atoms with Crippen LogP contribution in [0.3, 0.4) is 0 Å². The summed E-state index contributed by atoms with van der Waals surface area (Å²) in [5.74, 6) is -0.506. The molecule has 0 fully saturated rings. The zero-order valence-corrected chi connectivity index (χ0v) is 33.4. The molecule has 5 heterocycles. The van der Waals surface area contributed by atoms with Gasteiger partial charge in [-0.1, -0.05) is 118 Å². The van der Waals surface area contributed by atoms with Gasteiger partial charge in [0.15, 0.2) is 6.61 Å². The lowest BCUT2D eigenvalue weighted by Gasteiger charge is -2.19. The first-order chi connectivity index (χ1) is 27.7. The summed E-state index contributed by atoms with van der Waals surface area (Å²) < 4.78 is 10.1. The zero-order valence-electron chi connectivity index (χ0n) is 31.8. The topological polar surface area (TPSA) is 78.1 Å². The third kappa shape index (κ3) is 7.24. The van der Waals surface area contributed by atoms with E-state index in [1.165, 1.54) is 10.1 Å². The third-order valence-electron chi connectivity index (χ3n) is 10.3. The van der Waals surface area contributed by atoms with Gasteiger partial charge < -0.3 is 19.8 Å². The van der Waals surface area contributed by atoms with Crippen molar-refractivity contribution < 1.29 is 14.6 Å². The summed E-state index contributed by atoms with van der Waals surface area (Å²) in [5.41, 5.74) is 14.3. The smallest absolute Gasteiger partial charge is 0.341 e. The van der Waals surface area contributed by atoms with Crippen molar-refractivity contribution in [2.75, 3.05) is 6.61 Å². The number of aromatic nitrogens is 2. The van der Waals surface area contributed by atoms with E-state index in [2.05, 4.69) is 164 Å². The van der Waals surface area contributed by atoms with Gasteiger partial charge in [0.25, 0.3) is 0 Å². The summed E-state index contributed by atoms with van der Waals surface area (Å²) in [4.78, 5) is 19.0. The van der Waals surface area contributed by atoms with Crippen molar-refractivity contribution >= 4 is 50.9 Å². The Morgan fingerprint density at radius 2 is 0.842 bits per heavy atom. The maximum Gasteiger partial charge on any atom is 0.341 e. The molecule has 7 heteroatoms. The number of aliphatic carboxylic acids is 1. The van der Waals surface area contributed by atoms with Gasteiger partial charge in [-0.15, -0.1) is 22.7 Å². The van der Waals surface area contributed by atoms with Crippen LogP contribution in [0.2, 0.25) is 0 Å². The number of nitrogens with one attached hydrogen (secondary N) is 2. The summed E-state index contributed by atoms with van der Waals surface area (Å²) in [6.07, 6.45) is 0. The number of rotatable bonds is 7. The molecule has 1 aliphatic heterocycles. The van der Waals surface area contributed by atoms with Gasteiger partial charge >= 0.3 is 5.97 Å². The van der Waals surface area contributed by atoms with Crippen LogP contribution < -0.4 is 22.9 Å². The lowest BCUT2D eigenvalue weighted by Crippen LogP contribution is -2.11. The predicted molar refractivity (Wildman–Crippen MR) is 233 cm³/mol. The van der Waals surface area contributed by atoms with E-state index in [9.17, 15) is 9.90 Å². The predicted octanol–water partition coefficient (Wildman–Crippen LogP) is 8.53. The van der Waals surface area contributed by atoms with E-state index < -0.39 is 12.6 Å². The van der Waals surface area contributed by atoms with Crippen molar-refractivity contribution in [2.45, 2.75) is 26.2 Å². The number of benzene rings is 4. The monoisotopic (exact) mass is 780 g/mol. The van der Waals surface area contributed by atoms with Crippen molar-refractivity contribution in [1.29, 1.82) is 0 Å². The molecule has 8 aromatic rings. The molecule has 5 nitrogen and oxygen atoms in total. The summed E-state index contributed by atoms with van der Waals surface area (Å²) in [6.45, 7) is 6.34. The first-order valence-corrected chi connectivity index (χ1v) is 20.6. The highest BCUT2D eigenvalue weighted by Gasteiger charge is 2.20. The summed E-state index contributed by atoms with van der Waals surface area (Å²) in [6, 6.07) is 55.7. The molecular formula is C50H40N2O3S2. The number of aromatic amines is 2. The van der Waals surface area contributed by atoms with Crippen molar-refractivity contribution in [3.8, 4) is 5.75 Å². The van der Waals surface area contributed by atoms with Gasteiger partial charge in [-0.05, 0) is 93.9 Å². The Bertz CT molecular complexity index is 3000. The van der Waals surface area contributed by atoms with Crippen LogP contribution in [0, 0.1) is 0 Å². The highest BCUT2D eigenvalue weighted by Crippen LogP contribution is 2.31. The number of H-pyrrole nitrogens is 2. The summed E-state index contributed by atoms with van der Waals surface area (Å²) >= 11 is 3.55. The Kier molecular flexibility index (Phi) is 9.49. The first kappa shape index (κ1) is 36.2. The Morgan fingerprint density at radius 1 is 0.491 bits per heavy atom. The number of ether oxygens (including phenoxy) is 1. The zero-order chi connectivity index (χ0) is 39.1. The molecule has 9 rings (SSSR count). The minimum absolute atomic E-state index is 0.0310. The van der Waals surface area contributed by atoms with Crippen molar-refractivity contribution in [1.82, 2.24) is 9.97 Å². The lowest BCUT2D eigenvalue weighted by molar-refractivity contribution is -0.139. The largest absolute Gasteiger partial charge is 0.482 e. The van der Waals surface area contributed by atoms with Gasteiger partial charge in [-0.3, -0.25) is 0 Å². The lowest BCUT2D eigenvalue weighted by atomic mass is 9.86. The maximum absolute atomic E-state index is 11.2. The second-order valence-corrected chi connectivity index (χ2v) is 17.3. The number of carbonyl (C=O) groups is 1. The number of fused-ring (bicyclic) bond motifs is 8. The maximum atomic E-state index is 11.2. The molecular weight excluding hydrogens is 741 g/mol. The van der Waals surface area contributed by atoms with E-state index in [0.717, 1.165) is 80.9 Å². The van der Waals surface area contributed by atoms with Crippen molar-refractivity contribution in [3.05, 3.63) is 226 Å². The normalized spacial score (nSPS) is 12.9. The average Bonchev–Trinajstić information content (AvgIpc) is 4.06. The van der Waals surface area contributed by atoms with Crippen molar-refractivity contribution in [2.24, 2.45) is 0 Å². The number of carboxylic acid groups (broad SMARTS) is 1. The van der Waals surface area contributed by atoms with Crippen LogP contribution in [0.15, 0.2) is 158 Å². The molecule has 0 amide bonds. The molecule has 0 radical (unpaired) electrons. The van der Waals surface area contributed by atoms with E-state index in [1.807, 2.05) is 24.3 Å². The summed E-state index contributed by atoms with van der Waals surface area (Å²) in [7, 11) is 0. The number of hydrogen-bond acceptors (Lipinski definition) is 4. The Labute approximate surface area is 338 Å². The summed E-state index contributed by atoms with van der Waals surface area (Å²) in [5, 5.41) is 9.20. The number of thiophene rings is 2. The second kappa shape index (κ2) is 14.9. The minimum Gasteiger partial charge on any atom is -0.482 e. The highest BCUT2D eigenvalue weighted by atomic mass is 32.1. The van der Waals surface area contributed by atoms with Gasteiger partial charge in [0, 0.05) is 63.2 Å². The average molecular weight is 781 g/mol. The van der Waals surface area contributed by atoms with Crippen LogP contribution in [0.1, 0.15) is 71.4 Å².